The number of carbonyl (C=O) groups excluding carboxylic acids is 3. The first-order chi connectivity index (χ1) is 13.5. The third-order valence-electron chi connectivity index (χ3n) is 4.36. The highest BCUT2D eigenvalue weighted by molar-refractivity contribution is 7.99. The zero-order valence-corrected chi connectivity index (χ0v) is 16.3. The Kier molecular flexibility index (Phi) is 6.20. The van der Waals surface area contributed by atoms with E-state index in [9.17, 15) is 14.4 Å². The molecule has 2 aromatic rings. The molecule has 146 valence electrons. The molecule has 3 rings (SSSR count). The monoisotopic (exact) mass is 400 g/mol. The van der Waals surface area contributed by atoms with Crippen LogP contribution in [0.1, 0.15) is 20.7 Å². The zero-order chi connectivity index (χ0) is 20.1. The summed E-state index contributed by atoms with van der Waals surface area (Å²) in [5.41, 5.74) is 1.42. The minimum Gasteiger partial charge on any atom is -0.497 e. The van der Waals surface area contributed by atoms with Crippen molar-refractivity contribution < 1.29 is 23.9 Å². The number of hydrogen-bond acceptors (Lipinski definition) is 6. The van der Waals surface area contributed by atoms with E-state index in [1.807, 2.05) is 0 Å². The van der Waals surface area contributed by atoms with E-state index in [0.29, 0.717) is 34.2 Å². The molecule has 0 aliphatic carbocycles. The summed E-state index contributed by atoms with van der Waals surface area (Å²) < 4.78 is 9.76. The summed E-state index contributed by atoms with van der Waals surface area (Å²) in [5, 5.41) is 2.84. The number of anilines is 1. The van der Waals surface area contributed by atoms with Gasteiger partial charge in [0.05, 0.1) is 25.7 Å². The maximum Gasteiger partial charge on any atom is 0.337 e. The largest absolute Gasteiger partial charge is 0.497 e. The molecule has 0 aromatic heterocycles. The van der Waals surface area contributed by atoms with E-state index in [2.05, 4.69) is 10.1 Å². The smallest absolute Gasteiger partial charge is 0.337 e. The van der Waals surface area contributed by atoms with Crippen LogP contribution in [0, 0.1) is 0 Å². The normalized spacial score (nSPS) is 15.8. The second kappa shape index (κ2) is 8.79. The summed E-state index contributed by atoms with van der Waals surface area (Å²) >= 11 is 1.52. The fourth-order valence-corrected chi connectivity index (χ4v) is 3.95. The summed E-state index contributed by atoms with van der Waals surface area (Å²) in [7, 11) is 2.87. The van der Waals surface area contributed by atoms with Gasteiger partial charge in [-0.05, 0) is 48.5 Å². The third-order valence-corrected chi connectivity index (χ3v) is 5.37. The van der Waals surface area contributed by atoms with E-state index >= 15 is 0 Å². The van der Waals surface area contributed by atoms with Gasteiger partial charge in [0, 0.05) is 17.0 Å². The Hall–Kier alpha value is -3.00. The lowest BCUT2D eigenvalue weighted by molar-refractivity contribution is -0.119. The van der Waals surface area contributed by atoms with Crippen LogP contribution in [-0.4, -0.2) is 54.6 Å². The van der Waals surface area contributed by atoms with Crippen molar-refractivity contribution in [2.75, 3.05) is 31.2 Å². The first kappa shape index (κ1) is 19.8. The average Bonchev–Trinajstić information content (AvgIpc) is 3.23. The van der Waals surface area contributed by atoms with Gasteiger partial charge in [-0.15, -0.1) is 11.8 Å². The van der Waals surface area contributed by atoms with Crippen molar-refractivity contribution in [1.29, 1.82) is 0 Å². The van der Waals surface area contributed by atoms with Crippen LogP contribution in [0.25, 0.3) is 0 Å². The maximum atomic E-state index is 12.8. The van der Waals surface area contributed by atoms with Gasteiger partial charge in [0.2, 0.25) is 5.91 Å². The highest BCUT2D eigenvalue weighted by Crippen LogP contribution is 2.25. The first-order valence-corrected chi connectivity index (χ1v) is 9.71. The van der Waals surface area contributed by atoms with Gasteiger partial charge in [0.1, 0.15) is 11.8 Å². The van der Waals surface area contributed by atoms with Gasteiger partial charge in [-0.2, -0.15) is 0 Å². The molecule has 1 saturated heterocycles. The quantitative estimate of drug-likeness (QED) is 0.777. The van der Waals surface area contributed by atoms with E-state index in [1.165, 1.54) is 35.9 Å². The number of rotatable bonds is 5. The highest BCUT2D eigenvalue weighted by Gasteiger charge is 2.35. The molecule has 1 fully saturated rings. The van der Waals surface area contributed by atoms with Crippen molar-refractivity contribution in [3.05, 3.63) is 59.7 Å². The Balaban J connectivity index is 1.69. The molecule has 0 radical (unpaired) electrons. The highest BCUT2D eigenvalue weighted by atomic mass is 32.2. The molecule has 1 unspecified atom stereocenters. The summed E-state index contributed by atoms with van der Waals surface area (Å²) in [6.45, 7) is 0. The number of hydrogen-bond donors (Lipinski definition) is 1. The van der Waals surface area contributed by atoms with Crippen LogP contribution in [0.4, 0.5) is 5.69 Å². The number of amides is 2. The predicted molar refractivity (Wildman–Crippen MR) is 107 cm³/mol. The van der Waals surface area contributed by atoms with E-state index in [1.54, 1.807) is 43.5 Å². The Morgan fingerprint density at radius 3 is 2.25 bits per heavy atom. The maximum absolute atomic E-state index is 12.8. The summed E-state index contributed by atoms with van der Waals surface area (Å²) in [6.07, 6.45) is 0. The van der Waals surface area contributed by atoms with Crippen LogP contribution in [0.3, 0.4) is 0 Å². The molecule has 0 bridgehead atoms. The molecule has 8 heteroatoms. The number of nitrogens with zero attached hydrogens (tertiary/aromatic N) is 1. The predicted octanol–water partition coefficient (Wildman–Crippen LogP) is 2.64. The Morgan fingerprint density at radius 1 is 1.00 bits per heavy atom. The molecule has 1 aliphatic heterocycles. The fraction of sp³-hybridized carbons (Fsp3) is 0.250. The fourth-order valence-electron chi connectivity index (χ4n) is 2.79. The molecule has 2 aromatic carbocycles. The molecule has 1 N–H and O–H groups in total. The summed E-state index contributed by atoms with van der Waals surface area (Å²) in [4.78, 5) is 38.6. The lowest BCUT2D eigenvalue weighted by atomic mass is 10.1. The van der Waals surface area contributed by atoms with Gasteiger partial charge in [0.15, 0.2) is 0 Å². The summed E-state index contributed by atoms with van der Waals surface area (Å²) in [5.74, 6) is 0.687. The molecule has 28 heavy (non-hydrogen) atoms. The van der Waals surface area contributed by atoms with E-state index in [-0.39, 0.29) is 11.8 Å². The van der Waals surface area contributed by atoms with Crippen molar-refractivity contribution in [3.8, 4) is 5.75 Å². The van der Waals surface area contributed by atoms with Crippen LogP contribution in [0.5, 0.6) is 5.75 Å². The van der Waals surface area contributed by atoms with Crippen molar-refractivity contribution >= 4 is 35.2 Å². The Labute approximate surface area is 167 Å². The number of nitrogens with one attached hydrogen (secondary N) is 1. The standard InChI is InChI=1S/C20H20N2O5S/c1-26-16-9-7-15(8-10-16)21-18(23)17-11-28-12-22(17)19(24)13-3-5-14(6-4-13)20(25)27-2/h3-10,17H,11-12H2,1-2H3,(H,21,23). The Morgan fingerprint density at radius 2 is 1.64 bits per heavy atom. The first-order valence-electron chi connectivity index (χ1n) is 8.55. The van der Waals surface area contributed by atoms with Crippen molar-refractivity contribution in [3.63, 3.8) is 0 Å². The minimum atomic E-state index is -0.570. The van der Waals surface area contributed by atoms with Gasteiger partial charge in [0.25, 0.3) is 5.91 Å². The number of carbonyl (C=O) groups is 3. The van der Waals surface area contributed by atoms with Crippen LogP contribution in [0.2, 0.25) is 0 Å². The molecule has 0 saturated carbocycles. The number of thioether (sulfide) groups is 1. The molecule has 7 nitrogen and oxygen atoms in total. The second-order valence-electron chi connectivity index (χ2n) is 6.08. The summed E-state index contributed by atoms with van der Waals surface area (Å²) in [6, 6.07) is 12.6. The van der Waals surface area contributed by atoms with Gasteiger partial charge in [-0.25, -0.2) is 4.79 Å². The van der Waals surface area contributed by atoms with E-state index in [4.69, 9.17) is 4.74 Å². The van der Waals surface area contributed by atoms with E-state index < -0.39 is 12.0 Å². The molecule has 1 heterocycles. The molecule has 2 amide bonds. The third kappa shape index (κ3) is 4.28. The van der Waals surface area contributed by atoms with Crippen LogP contribution in [0.15, 0.2) is 48.5 Å². The second-order valence-corrected chi connectivity index (χ2v) is 7.08. The Bertz CT molecular complexity index is 867. The number of benzene rings is 2. The van der Waals surface area contributed by atoms with Crippen molar-refractivity contribution in [1.82, 2.24) is 4.90 Å². The van der Waals surface area contributed by atoms with Crippen LogP contribution < -0.4 is 10.1 Å². The molecule has 1 aliphatic rings. The van der Waals surface area contributed by atoms with Crippen molar-refractivity contribution in [2.24, 2.45) is 0 Å². The molecule has 1 atom stereocenters. The molecular weight excluding hydrogens is 380 g/mol. The van der Waals surface area contributed by atoms with E-state index in [0.717, 1.165) is 0 Å². The topological polar surface area (TPSA) is 84.9 Å². The van der Waals surface area contributed by atoms with Gasteiger partial charge >= 0.3 is 5.97 Å². The van der Waals surface area contributed by atoms with Gasteiger partial charge in [-0.1, -0.05) is 0 Å². The molecule has 0 spiro atoms. The minimum absolute atomic E-state index is 0.241. The SMILES string of the molecule is COC(=O)c1ccc(C(=O)N2CSCC2C(=O)Nc2ccc(OC)cc2)cc1. The number of ether oxygens (including phenoxy) is 2. The average molecular weight is 400 g/mol. The number of methoxy groups -OCH3 is 2. The number of esters is 1. The lowest BCUT2D eigenvalue weighted by Gasteiger charge is -2.23. The lowest BCUT2D eigenvalue weighted by Crippen LogP contribution is -2.44. The van der Waals surface area contributed by atoms with Gasteiger partial charge in [-0.3, -0.25) is 9.59 Å². The zero-order valence-electron chi connectivity index (χ0n) is 15.5. The van der Waals surface area contributed by atoms with Crippen LogP contribution >= 0.6 is 11.8 Å². The van der Waals surface area contributed by atoms with Crippen LogP contribution in [-0.2, 0) is 9.53 Å². The van der Waals surface area contributed by atoms with Crippen molar-refractivity contribution in [2.45, 2.75) is 6.04 Å². The van der Waals surface area contributed by atoms with Gasteiger partial charge < -0.3 is 19.7 Å². The molecular formula is C20H20N2O5S.